The molecule has 0 aliphatic heterocycles. The molecule has 0 fully saturated rings. The quantitative estimate of drug-likeness (QED) is 0.480. The Kier molecular flexibility index (Phi) is 5.24. The predicted molar refractivity (Wildman–Crippen MR) is 92.1 cm³/mol. The van der Waals surface area contributed by atoms with Crippen molar-refractivity contribution in [2.24, 2.45) is 0 Å². The highest BCUT2D eigenvalue weighted by Gasteiger charge is 2.14. The smallest absolute Gasteiger partial charge is 0.337 e. The van der Waals surface area contributed by atoms with Gasteiger partial charge in [-0.1, -0.05) is 0 Å². The fraction of sp³-hybridized carbons (Fsp3) is 0.250. The molecule has 1 aromatic carbocycles. The Bertz CT molecular complexity index is 1010. The summed E-state index contributed by atoms with van der Waals surface area (Å²) in [5, 5.41) is 4.01. The predicted octanol–water partition coefficient (Wildman–Crippen LogP) is 0.822. The van der Waals surface area contributed by atoms with E-state index in [9.17, 15) is 13.2 Å². The molecule has 2 heterocycles. The molecule has 0 spiro atoms. The first kappa shape index (κ1) is 18.0. The zero-order valence-corrected chi connectivity index (χ0v) is 14.8. The standard InChI is InChI=1S/C16H17N5O4S/c1-25-15(22)13-4-6-14(7-5-13)26(23,24)20-8-2-3-12-9-17-16-18-11-19-21(16)10-12/h4-7,9-11,20H,2-3,8H2,1H3. The minimum Gasteiger partial charge on any atom is -0.465 e. The van der Waals surface area contributed by atoms with Gasteiger partial charge in [-0.3, -0.25) is 0 Å². The van der Waals surface area contributed by atoms with Gasteiger partial charge >= 0.3 is 5.97 Å². The maximum absolute atomic E-state index is 12.3. The van der Waals surface area contributed by atoms with Crippen molar-refractivity contribution in [2.75, 3.05) is 13.7 Å². The molecule has 0 radical (unpaired) electrons. The van der Waals surface area contributed by atoms with Crippen LogP contribution in [0.15, 0.2) is 47.9 Å². The van der Waals surface area contributed by atoms with Crippen LogP contribution in [0.4, 0.5) is 0 Å². The molecular weight excluding hydrogens is 358 g/mol. The summed E-state index contributed by atoms with van der Waals surface area (Å²) in [6.07, 6.45) is 6.18. The van der Waals surface area contributed by atoms with Gasteiger partial charge in [0.2, 0.25) is 10.0 Å². The Morgan fingerprint density at radius 1 is 1.23 bits per heavy atom. The molecule has 0 unspecified atom stereocenters. The van der Waals surface area contributed by atoms with Crippen LogP contribution in [0.3, 0.4) is 0 Å². The Morgan fingerprint density at radius 2 is 2.00 bits per heavy atom. The lowest BCUT2D eigenvalue weighted by Gasteiger charge is -2.07. The lowest BCUT2D eigenvalue weighted by atomic mass is 10.2. The number of hydrogen-bond acceptors (Lipinski definition) is 7. The van der Waals surface area contributed by atoms with E-state index in [-0.39, 0.29) is 11.4 Å². The van der Waals surface area contributed by atoms with Crippen LogP contribution in [0.25, 0.3) is 5.78 Å². The molecule has 0 saturated heterocycles. The van der Waals surface area contributed by atoms with E-state index in [1.807, 2.05) is 6.20 Å². The fourth-order valence-corrected chi connectivity index (χ4v) is 3.43. The minimum atomic E-state index is -3.63. The third kappa shape index (κ3) is 4.03. The van der Waals surface area contributed by atoms with Crippen LogP contribution in [-0.2, 0) is 21.2 Å². The molecule has 0 bridgehead atoms. The third-order valence-electron chi connectivity index (χ3n) is 3.71. The Balaban J connectivity index is 1.55. The number of aryl methyl sites for hydroxylation is 1. The third-order valence-corrected chi connectivity index (χ3v) is 5.19. The summed E-state index contributed by atoms with van der Waals surface area (Å²) in [6, 6.07) is 5.58. The zero-order chi connectivity index (χ0) is 18.6. The monoisotopic (exact) mass is 375 g/mol. The van der Waals surface area contributed by atoms with Gasteiger partial charge in [0.25, 0.3) is 5.78 Å². The molecule has 136 valence electrons. The topological polar surface area (TPSA) is 116 Å². The first-order chi connectivity index (χ1) is 12.5. The largest absolute Gasteiger partial charge is 0.465 e. The number of carbonyl (C=O) groups excluding carboxylic acids is 1. The van der Waals surface area contributed by atoms with Crippen molar-refractivity contribution in [2.45, 2.75) is 17.7 Å². The van der Waals surface area contributed by atoms with Crippen molar-refractivity contribution < 1.29 is 17.9 Å². The highest BCUT2D eigenvalue weighted by Crippen LogP contribution is 2.11. The Labute approximate surface area is 150 Å². The molecule has 0 aliphatic rings. The second-order valence-electron chi connectivity index (χ2n) is 5.48. The van der Waals surface area contributed by atoms with Gasteiger partial charge in [-0.2, -0.15) is 10.1 Å². The molecule has 9 nitrogen and oxygen atoms in total. The highest BCUT2D eigenvalue weighted by atomic mass is 32.2. The van der Waals surface area contributed by atoms with E-state index in [0.29, 0.717) is 24.2 Å². The fourth-order valence-electron chi connectivity index (χ4n) is 2.36. The number of esters is 1. The highest BCUT2D eigenvalue weighted by molar-refractivity contribution is 7.89. The van der Waals surface area contributed by atoms with Crippen LogP contribution in [0.5, 0.6) is 0 Å². The van der Waals surface area contributed by atoms with Gasteiger partial charge < -0.3 is 4.74 Å². The van der Waals surface area contributed by atoms with E-state index >= 15 is 0 Å². The summed E-state index contributed by atoms with van der Waals surface area (Å²) in [5.74, 6) is 0.00437. The Hall–Kier alpha value is -2.85. The number of nitrogens with zero attached hydrogens (tertiary/aromatic N) is 4. The van der Waals surface area contributed by atoms with Crippen LogP contribution < -0.4 is 4.72 Å². The molecule has 0 saturated carbocycles. The van der Waals surface area contributed by atoms with E-state index in [0.717, 1.165) is 5.56 Å². The van der Waals surface area contributed by atoms with Gasteiger partial charge in [-0.05, 0) is 42.7 Å². The number of rotatable bonds is 7. The van der Waals surface area contributed by atoms with Crippen LogP contribution >= 0.6 is 0 Å². The van der Waals surface area contributed by atoms with Crippen molar-refractivity contribution in [3.63, 3.8) is 0 Å². The number of methoxy groups -OCH3 is 1. The Morgan fingerprint density at radius 3 is 2.73 bits per heavy atom. The molecule has 0 amide bonds. The van der Waals surface area contributed by atoms with Crippen molar-refractivity contribution in [3.05, 3.63) is 54.1 Å². The lowest BCUT2D eigenvalue weighted by Crippen LogP contribution is -2.25. The lowest BCUT2D eigenvalue weighted by molar-refractivity contribution is 0.0600. The molecule has 3 rings (SSSR count). The number of aromatic nitrogens is 4. The van der Waals surface area contributed by atoms with Crippen molar-refractivity contribution in [1.29, 1.82) is 0 Å². The van der Waals surface area contributed by atoms with Gasteiger partial charge in [0.1, 0.15) is 6.33 Å². The number of sulfonamides is 1. The average Bonchev–Trinajstić information content (AvgIpc) is 3.12. The number of hydrogen-bond donors (Lipinski definition) is 1. The number of fused-ring (bicyclic) bond motifs is 1. The minimum absolute atomic E-state index is 0.0934. The zero-order valence-electron chi connectivity index (χ0n) is 14.0. The number of benzene rings is 1. The molecule has 3 aromatic rings. The summed E-state index contributed by atoms with van der Waals surface area (Å²) in [7, 11) is -2.37. The van der Waals surface area contributed by atoms with Gasteiger partial charge in [-0.25, -0.2) is 27.4 Å². The number of nitrogens with one attached hydrogen (secondary N) is 1. The molecule has 0 atom stereocenters. The second-order valence-corrected chi connectivity index (χ2v) is 7.25. The second kappa shape index (κ2) is 7.58. The van der Waals surface area contributed by atoms with Gasteiger partial charge in [-0.15, -0.1) is 0 Å². The van der Waals surface area contributed by atoms with E-state index in [4.69, 9.17) is 0 Å². The van der Waals surface area contributed by atoms with Crippen LogP contribution in [0.1, 0.15) is 22.3 Å². The normalized spacial score (nSPS) is 11.6. The van der Waals surface area contributed by atoms with Crippen LogP contribution in [0, 0.1) is 0 Å². The maximum atomic E-state index is 12.3. The average molecular weight is 375 g/mol. The number of carbonyl (C=O) groups is 1. The molecule has 0 aliphatic carbocycles. The van der Waals surface area contributed by atoms with E-state index in [2.05, 4.69) is 24.5 Å². The first-order valence-electron chi connectivity index (χ1n) is 7.82. The molecule has 10 heteroatoms. The van der Waals surface area contributed by atoms with Gasteiger partial charge in [0.15, 0.2) is 0 Å². The van der Waals surface area contributed by atoms with Crippen LogP contribution in [0.2, 0.25) is 0 Å². The van der Waals surface area contributed by atoms with Gasteiger partial charge in [0.05, 0.1) is 17.6 Å². The van der Waals surface area contributed by atoms with E-state index < -0.39 is 16.0 Å². The summed E-state index contributed by atoms with van der Waals surface area (Å²) in [6.45, 7) is 0.274. The molecular formula is C16H17N5O4S. The van der Waals surface area contributed by atoms with Gasteiger partial charge in [0, 0.05) is 18.9 Å². The van der Waals surface area contributed by atoms with Crippen molar-refractivity contribution in [3.8, 4) is 0 Å². The van der Waals surface area contributed by atoms with Crippen molar-refractivity contribution in [1.82, 2.24) is 24.3 Å². The number of ether oxygens (including phenoxy) is 1. The molecule has 26 heavy (non-hydrogen) atoms. The van der Waals surface area contributed by atoms with Crippen molar-refractivity contribution >= 4 is 21.8 Å². The summed E-state index contributed by atoms with van der Waals surface area (Å²) in [4.78, 5) is 19.6. The van der Waals surface area contributed by atoms with Crippen LogP contribution in [-0.4, -0.2) is 47.6 Å². The van der Waals surface area contributed by atoms with E-state index in [1.165, 1.54) is 37.7 Å². The molecule has 1 N–H and O–H groups in total. The van der Waals surface area contributed by atoms with E-state index in [1.54, 1.807) is 10.7 Å². The summed E-state index contributed by atoms with van der Waals surface area (Å²) in [5.41, 5.74) is 1.23. The summed E-state index contributed by atoms with van der Waals surface area (Å²) < 4.78 is 33.2. The SMILES string of the molecule is COC(=O)c1ccc(S(=O)(=O)NCCCc2cnc3ncnn3c2)cc1. The first-order valence-corrected chi connectivity index (χ1v) is 9.30. The maximum Gasteiger partial charge on any atom is 0.337 e. The molecule has 2 aromatic heterocycles. The summed E-state index contributed by atoms with van der Waals surface area (Å²) >= 11 is 0.